The van der Waals surface area contributed by atoms with E-state index in [1.54, 1.807) is 6.26 Å². The lowest BCUT2D eigenvalue weighted by Crippen LogP contribution is -1.71. The van der Waals surface area contributed by atoms with E-state index in [0.29, 0.717) is 0 Å². The number of thiocarbonyl (C=S) groups is 1. The van der Waals surface area contributed by atoms with Crippen molar-refractivity contribution in [3.05, 3.63) is 0 Å². The van der Waals surface area contributed by atoms with Gasteiger partial charge < -0.3 is 0 Å². The van der Waals surface area contributed by atoms with Crippen molar-refractivity contribution >= 4 is 28.4 Å². The topological polar surface area (TPSA) is 19.9 Å². The highest BCUT2D eigenvalue weighted by Crippen LogP contribution is 1.90. The standard InChI is InChI=1S/C2H3OS2/c1-5-2(3)4/h1H3. The van der Waals surface area contributed by atoms with Crippen LogP contribution in [0, 0.1) is 0 Å². The summed E-state index contributed by atoms with van der Waals surface area (Å²) in [6, 6.07) is 0. The summed E-state index contributed by atoms with van der Waals surface area (Å²) in [5.41, 5.74) is 0. The third kappa shape index (κ3) is 4.24. The molecule has 0 bridgehead atoms. The Morgan fingerprint density at radius 3 is 2.20 bits per heavy atom. The minimum absolute atomic E-state index is 0.245. The number of hydrogen-bond donors (Lipinski definition) is 0. The zero-order valence-corrected chi connectivity index (χ0v) is 4.36. The molecule has 0 fully saturated rings. The maximum absolute atomic E-state index is 9.59. The van der Waals surface area contributed by atoms with Crippen molar-refractivity contribution in [3.63, 3.8) is 0 Å². The average Bonchev–Trinajstić information content (AvgIpc) is 1.38. The highest BCUT2D eigenvalue weighted by atomic mass is 32.2. The number of hydrogen-bond acceptors (Lipinski definition) is 2. The van der Waals surface area contributed by atoms with E-state index in [1.165, 1.54) is 0 Å². The lowest BCUT2D eigenvalue weighted by atomic mass is 11.7. The molecule has 1 radical (unpaired) electrons. The lowest BCUT2D eigenvalue weighted by Gasteiger charge is -1.70. The summed E-state index contributed by atoms with van der Waals surface area (Å²) >= 11 is 5.16. The molecule has 0 spiro atoms. The fourth-order valence-electron chi connectivity index (χ4n) is 0. The van der Waals surface area contributed by atoms with E-state index in [9.17, 15) is 5.11 Å². The Balaban J connectivity index is 2.85. The van der Waals surface area contributed by atoms with Gasteiger partial charge in [-0.1, -0.05) is 11.8 Å². The van der Waals surface area contributed by atoms with Gasteiger partial charge in [0.25, 0.3) is 4.38 Å². The zero-order chi connectivity index (χ0) is 4.28. The molecule has 0 saturated carbocycles. The average molecular weight is 107 g/mol. The van der Waals surface area contributed by atoms with E-state index in [4.69, 9.17) is 0 Å². The molecule has 0 aliphatic heterocycles. The molecule has 0 aliphatic rings. The van der Waals surface area contributed by atoms with Gasteiger partial charge in [-0.3, -0.25) is 5.11 Å². The van der Waals surface area contributed by atoms with Crippen molar-refractivity contribution in [2.24, 2.45) is 0 Å². The molecule has 0 aliphatic carbocycles. The monoisotopic (exact) mass is 107 g/mol. The van der Waals surface area contributed by atoms with Gasteiger partial charge in [-0.2, -0.15) is 0 Å². The van der Waals surface area contributed by atoms with E-state index >= 15 is 0 Å². The van der Waals surface area contributed by atoms with Gasteiger partial charge in [-0.15, -0.1) is 0 Å². The van der Waals surface area contributed by atoms with Gasteiger partial charge in [-0.25, -0.2) is 0 Å². The summed E-state index contributed by atoms with van der Waals surface area (Å²) in [5.74, 6) is 0. The Hall–Kier alpha value is 0.240. The quantitative estimate of drug-likeness (QED) is 0.431. The van der Waals surface area contributed by atoms with E-state index < -0.39 is 0 Å². The van der Waals surface area contributed by atoms with Crippen molar-refractivity contribution in [1.82, 2.24) is 0 Å². The van der Waals surface area contributed by atoms with E-state index in [0.717, 1.165) is 11.8 Å². The molecule has 29 valence electrons. The first-order valence-corrected chi connectivity index (χ1v) is 2.65. The number of rotatable bonds is 0. The fourth-order valence-corrected chi connectivity index (χ4v) is 0. The first kappa shape index (κ1) is 5.24. The van der Waals surface area contributed by atoms with Crippen LogP contribution in [0.5, 0.6) is 0 Å². The Labute approximate surface area is 40.4 Å². The molecule has 5 heavy (non-hydrogen) atoms. The predicted octanol–water partition coefficient (Wildman–Crippen LogP) is 1.06. The maximum atomic E-state index is 9.59. The molecule has 0 aromatic rings. The van der Waals surface area contributed by atoms with E-state index in [2.05, 4.69) is 12.2 Å². The van der Waals surface area contributed by atoms with Gasteiger partial charge in [0.15, 0.2) is 0 Å². The summed E-state index contributed by atoms with van der Waals surface area (Å²) in [6.45, 7) is 0. The summed E-state index contributed by atoms with van der Waals surface area (Å²) in [4.78, 5) is 0. The normalized spacial score (nSPS) is 7.40. The first-order chi connectivity index (χ1) is 2.27. The third-order valence-electron chi connectivity index (χ3n) is 0.167. The highest BCUT2D eigenvalue weighted by molar-refractivity contribution is 8.22. The summed E-state index contributed by atoms with van der Waals surface area (Å²) in [5, 5.41) is 9.59. The van der Waals surface area contributed by atoms with Gasteiger partial charge in [-0.05, 0) is 18.5 Å². The van der Waals surface area contributed by atoms with Crippen molar-refractivity contribution in [1.29, 1.82) is 0 Å². The molecule has 0 rings (SSSR count). The number of thioether (sulfide) groups is 1. The minimum Gasteiger partial charge on any atom is -0.269 e. The van der Waals surface area contributed by atoms with Crippen molar-refractivity contribution < 1.29 is 5.11 Å². The van der Waals surface area contributed by atoms with Crippen molar-refractivity contribution in [3.8, 4) is 0 Å². The van der Waals surface area contributed by atoms with Gasteiger partial charge in [0.2, 0.25) is 0 Å². The molecule has 1 nitrogen and oxygen atoms in total. The van der Waals surface area contributed by atoms with Gasteiger partial charge in [0.1, 0.15) is 0 Å². The van der Waals surface area contributed by atoms with E-state index in [-0.39, 0.29) is 4.38 Å². The van der Waals surface area contributed by atoms with Crippen LogP contribution in [-0.4, -0.2) is 10.6 Å². The van der Waals surface area contributed by atoms with Crippen LogP contribution < -0.4 is 0 Å². The van der Waals surface area contributed by atoms with Crippen LogP contribution in [0.15, 0.2) is 0 Å². The summed E-state index contributed by atoms with van der Waals surface area (Å²) < 4.78 is -0.245. The molecular weight excluding hydrogens is 104 g/mol. The van der Waals surface area contributed by atoms with Crippen molar-refractivity contribution in [2.75, 3.05) is 6.26 Å². The molecule has 0 atom stereocenters. The Morgan fingerprint density at radius 1 is 2.00 bits per heavy atom. The molecule has 0 heterocycles. The first-order valence-electron chi connectivity index (χ1n) is 1.02. The Bertz CT molecular complexity index is 42.9. The smallest absolute Gasteiger partial charge is 0.269 e. The maximum Gasteiger partial charge on any atom is 0.276 e. The van der Waals surface area contributed by atoms with Gasteiger partial charge in [0.05, 0.1) is 0 Å². The molecule has 3 heteroatoms. The largest absolute Gasteiger partial charge is 0.276 e. The fraction of sp³-hybridized carbons (Fsp3) is 0.500. The second kappa shape index (κ2) is 2.48. The van der Waals surface area contributed by atoms with Gasteiger partial charge in [0, 0.05) is 0 Å². The lowest BCUT2D eigenvalue weighted by molar-refractivity contribution is 0.456. The van der Waals surface area contributed by atoms with Crippen LogP contribution in [-0.2, 0) is 5.11 Å². The predicted molar refractivity (Wildman–Crippen MR) is 26.8 cm³/mol. The van der Waals surface area contributed by atoms with Crippen LogP contribution in [0.3, 0.4) is 0 Å². The summed E-state index contributed by atoms with van der Waals surface area (Å²) in [6.07, 6.45) is 1.66. The van der Waals surface area contributed by atoms with Crippen LogP contribution in [0.2, 0.25) is 0 Å². The molecule has 0 amide bonds. The second-order valence-corrected chi connectivity index (χ2v) is 1.86. The minimum atomic E-state index is -0.245. The zero-order valence-electron chi connectivity index (χ0n) is 2.72. The molecule has 0 unspecified atom stereocenters. The van der Waals surface area contributed by atoms with Crippen LogP contribution >= 0.6 is 24.0 Å². The highest BCUT2D eigenvalue weighted by Gasteiger charge is 1.80. The second-order valence-electron chi connectivity index (χ2n) is 0.454. The SMILES string of the molecule is CSC([O])=S. The Morgan fingerprint density at radius 2 is 2.20 bits per heavy atom. The van der Waals surface area contributed by atoms with Crippen LogP contribution in [0.25, 0.3) is 0 Å². The summed E-state index contributed by atoms with van der Waals surface area (Å²) in [7, 11) is 0. The third-order valence-corrected chi connectivity index (χ3v) is 1.000. The van der Waals surface area contributed by atoms with Crippen molar-refractivity contribution in [2.45, 2.75) is 0 Å². The molecular formula is C2H3OS2. The molecule has 0 aromatic carbocycles. The van der Waals surface area contributed by atoms with E-state index in [1.807, 2.05) is 0 Å². The Kier molecular flexibility index (Phi) is 2.59. The molecule has 0 N–H and O–H groups in total. The molecule has 0 aromatic heterocycles. The van der Waals surface area contributed by atoms with Crippen LogP contribution in [0.4, 0.5) is 0 Å². The molecule has 0 saturated heterocycles. The van der Waals surface area contributed by atoms with Gasteiger partial charge >= 0.3 is 0 Å². The van der Waals surface area contributed by atoms with Crippen LogP contribution in [0.1, 0.15) is 0 Å².